The first-order chi connectivity index (χ1) is 11.0. The molecule has 23 heavy (non-hydrogen) atoms. The van der Waals surface area contributed by atoms with Crippen molar-refractivity contribution >= 4 is 11.6 Å². The molecule has 0 bridgehead atoms. The fraction of sp³-hybridized carbons (Fsp3) is 0.375. The van der Waals surface area contributed by atoms with E-state index in [1.54, 1.807) is 0 Å². The molecule has 0 aliphatic carbocycles. The van der Waals surface area contributed by atoms with Gasteiger partial charge in [-0.2, -0.15) is 5.10 Å². The van der Waals surface area contributed by atoms with E-state index in [1.165, 1.54) is 22.6 Å². The minimum Gasteiger partial charge on any atom is -0.350 e. The minimum absolute atomic E-state index is 0.0394. The third-order valence-electron chi connectivity index (χ3n) is 3.58. The summed E-state index contributed by atoms with van der Waals surface area (Å²) in [6, 6.07) is 7.99. The Bertz CT molecular complexity index is 679. The zero-order chi connectivity index (χ0) is 16.8. The molecule has 1 aromatic heterocycles. The molecule has 0 spiro atoms. The highest BCUT2D eigenvalue weighted by molar-refractivity contribution is 5.76. The van der Waals surface area contributed by atoms with Gasteiger partial charge in [-0.05, 0) is 25.8 Å². The molecule has 7 heteroatoms. The van der Waals surface area contributed by atoms with Crippen molar-refractivity contribution in [2.24, 2.45) is 0 Å². The fourth-order valence-electron chi connectivity index (χ4n) is 2.22. The fourth-order valence-corrected chi connectivity index (χ4v) is 2.22. The van der Waals surface area contributed by atoms with Crippen LogP contribution in [0, 0.1) is 17.0 Å². The average molecular weight is 316 g/mol. The lowest BCUT2D eigenvalue weighted by Gasteiger charge is -2.14. The first-order valence-electron chi connectivity index (χ1n) is 7.48. The summed E-state index contributed by atoms with van der Waals surface area (Å²) in [6.45, 7) is 4.44. The molecule has 1 atom stereocenters. The minimum atomic E-state index is -0.487. The molecule has 122 valence electrons. The summed E-state index contributed by atoms with van der Waals surface area (Å²) in [7, 11) is 0. The lowest BCUT2D eigenvalue weighted by Crippen LogP contribution is -2.26. The van der Waals surface area contributed by atoms with Gasteiger partial charge in [-0.25, -0.2) is 0 Å². The van der Waals surface area contributed by atoms with Crippen molar-refractivity contribution < 1.29 is 9.72 Å². The largest absolute Gasteiger partial charge is 0.350 e. The van der Waals surface area contributed by atoms with E-state index in [0.717, 1.165) is 5.56 Å². The van der Waals surface area contributed by atoms with Crippen LogP contribution in [0.4, 0.5) is 5.69 Å². The van der Waals surface area contributed by atoms with E-state index in [-0.39, 0.29) is 17.6 Å². The molecule has 1 amide bonds. The Labute approximate surface area is 134 Å². The molecule has 0 aliphatic heterocycles. The van der Waals surface area contributed by atoms with E-state index in [1.807, 2.05) is 38.1 Å². The molecule has 1 aromatic carbocycles. The molecule has 2 aromatic rings. The highest BCUT2D eigenvalue weighted by atomic mass is 16.6. The lowest BCUT2D eigenvalue weighted by atomic mass is 10.1. The van der Waals surface area contributed by atoms with Gasteiger partial charge in [-0.3, -0.25) is 19.6 Å². The van der Waals surface area contributed by atoms with Crippen LogP contribution in [0.25, 0.3) is 0 Å². The first-order valence-corrected chi connectivity index (χ1v) is 7.48. The number of nitro groups is 1. The molecule has 0 fully saturated rings. The quantitative estimate of drug-likeness (QED) is 0.628. The van der Waals surface area contributed by atoms with Gasteiger partial charge in [0, 0.05) is 13.0 Å². The number of hydrogen-bond acceptors (Lipinski definition) is 4. The van der Waals surface area contributed by atoms with Gasteiger partial charge in [0.05, 0.1) is 11.0 Å². The van der Waals surface area contributed by atoms with E-state index >= 15 is 0 Å². The third-order valence-corrected chi connectivity index (χ3v) is 3.58. The number of rotatable bonds is 7. The number of hydrogen-bond donors (Lipinski definition) is 1. The van der Waals surface area contributed by atoms with Gasteiger partial charge >= 0.3 is 5.69 Å². The standard InChI is InChI=1S/C16H20N4O3/c1-12-5-7-14(8-6-12)13(2)18-16(21)4-3-9-19-11-15(10-17-19)20(22)23/h5-8,10-11,13H,3-4,9H2,1-2H3,(H,18,21). The van der Waals surface area contributed by atoms with Crippen LogP contribution in [0.1, 0.15) is 36.9 Å². The van der Waals surface area contributed by atoms with Crippen LogP contribution in [0.5, 0.6) is 0 Å². The van der Waals surface area contributed by atoms with Crippen LogP contribution in [0.15, 0.2) is 36.7 Å². The van der Waals surface area contributed by atoms with Gasteiger partial charge in [0.2, 0.25) is 5.91 Å². The SMILES string of the molecule is Cc1ccc(C(C)NC(=O)CCCn2cc([N+](=O)[O-])cn2)cc1. The average Bonchev–Trinajstić information content (AvgIpc) is 2.97. The number of nitrogens with zero attached hydrogens (tertiary/aromatic N) is 3. The molecular formula is C16H20N4O3. The molecule has 1 heterocycles. The second-order valence-corrected chi connectivity index (χ2v) is 5.52. The Balaban J connectivity index is 1.76. The molecule has 1 unspecified atom stereocenters. The van der Waals surface area contributed by atoms with Crippen LogP contribution in [0.3, 0.4) is 0 Å². The Morgan fingerprint density at radius 2 is 2.09 bits per heavy atom. The summed E-state index contributed by atoms with van der Waals surface area (Å²) in [5, 5.41) is 17.4. The highest BCUT2D eigenvalue weighted by Crippen LogP contribution is 2.13. The van der Waals surface area contributed by atoms with Crippen molar-refractivity contribution in [2.45, 2.75) is 39.3 Å². The van der Waals surface area contributed by atoms with Gasteiger partial charge in [0.25, 0.3) is 0 Å². The van der Waals surface area contributed by atoms with Gasteiger partial charge in [0.15, 0.2) is 0 Å². The van der Waals surface area contributed by atoms with Gasteiger partial charge in [-0.1, -0.05) is 29.8 Å². The molecule has 0 saturated heterocycles. The normalized spacial score (nSPS) is 11.9. The monoisotopic (exact) mass is 316 g/mol. The second-order valence-electron chi connectivity index (χ2n) is 5.52. The van der Waals surface area contributed by atoms with E-state index in [4.69, 9.17) is 0 Å². The van der Waals surface area contributed by atoms with Crippen LogP contribution < -0.4 is 5.32 Å². The Kier molecular flexibility index (Phi) is 5.46. The van der Waals surface area contributed by atoms with E-state index in [9.17, 15) is 14.9 Å². The van der Waals surface area contributed by atoms with E-state index in [2.05, 4.69) is 10.4 Å². The maximum absolute atomic E-state index is 11.9. The van der Waals surface area contributed by atoms with Crippen molar-refractivity contribution in [1.29, 1.82) is 0 Å². The summed E-state index contributed by atoms with van der Waals surface area (Å²) in [6.07, 6.45) is 3.50. The third kappa shape index (κ3) is 4.91. The number of aryl methyl sites for hydroxylation is 2. The summed E-state index contributed by atoms with van der Waals surface area (Å²) >= 11 is 0. The summed E-state index contributed by atoms with van der Waals surface area (Å²) < 4.78 is 1.48. The predicted molar refractivity (Wildman–Crippen MR) is 85.9 cm³/mol. The number of aromatic nitrogens is 2. The maximum atomic E-state index is 11.9. The molecule has 0 radical (unpaired) electrons. The van der Waals surface area contributed by atoms with Crippen molar-refractivity contribution in [1.82, 2.24) is 15.1 Å². The molecule has 2 rings (SSSR count). The van der Waals surface area contributed by atoms with Gasteiger partial charge in [-0.15, -0.1) is 0 Å². The van der Waals surface area contributed by atoms with Crippen LogP contribution in [0.2, 0.25) is 0 Å². The van der Waals surface area contributed by atoms with Crippen LogP contribution >= 0.6 is 0 Å². The van der Waals surface area contributed by atoms with E-state index in [0.29, 0.717) is 19.4 Å². The zero-order valence-electron chi connectivity index (χ0n) is 13.2. The lowest BCUT2D eigenvalue weighted by molar-refractivity contribution is -0.385. The Hall–Kier alpha value is -2.70. The Morgan fingerprint density at radius 3 is 2.70 bits per heavy atom. The van der Waals surface area contributed by atoms with Crippen molar-refractivity contribution in [2.75, 3.05) is 0 Å². The van der Waals surface area contributed by atoms with E-state index < -0.39 is 4.92 Å². The number of carbonyl (C=O) groups excluding carboxylic acids is 1. The van der Waals surface area contributed by atoms with Gasteiger partial charge < -0.3 is 5.32 Å². The Morgan fingerprint density at radius 1 is 1.39 bits per heavy atom. The molecule has 0 aliphatic rings. The topological polar surface area (TPSA) is 90.1 Å². The molecule has 7 nitrogen and oxygen atoms in total. The predicted octanol–water partition coefficient (Wildman–Crippen LogP) is 2.76. The summed E-state index contributed by atoms with van der Waals surface area (Å²) in [5.74, 6) is -0.0419. The molecular weight excluding hydrogens is 296 g/mol. The maximum Gasteiger partial charge on any atom is 0.306 e. The first kappa shape index (κ1) is 16.7. The van der Waals surface area contributed by atoms with Crippen LogP contribution in [-0.4, -0.2) is 20.6 Å². The van der Waals surface area contributed by atoms with Crippen molar-refractivity contribution in [3.05, 3.63) is 57.9 Å². The smallest absolute Gasteiger partial charge is 0.306 e. The molecule has 0 saturated carbocycles. The van der Waals surface area contributed by atoms with Crippen molar-refractivity contribution in [3.63, 3.8) is 0 Å². The van der Waals surface area contributed by atoms with Gasteiger partial charge in [0.1, 0.15) is 12.4 Å². The number of nitrogens with one attached hydrogen (secondary N) is 1. The number of amides is 1. The summed E-state index contributed by atoms with van der Waals surface area (Å²) in [4.78, 5) is 22.0. The second kappa shape index (κ2) is 7.53. The zero-order valence-corrected chi connectivity index (χ0v) is 13.2. The summed E-state index contributed by atoms with van der Waals surface area (Å²) in [5.41, 5.74) is 2.20. The van der Waals surface area contributed by atoms with Crippen molar-refractivity contribution in [3.8, 4) is 0 Å². The number of benzene rings is 1. The number of carbonyl (C=O) groups is 1. The molecule has 1 N–H and O–H groups in total. The van der Waals surface area contributed by atoms with Crippen LogP contribution in [-0.2, 0) is 11.3 Å². The highest BCUT2D eigenvalue weighted by Gasteiger charge is 2.11.